The lowest BCUT2D eigenvalue weighted by Gasteiger charge is -2.25. The van der Waals surface area contributed by atoms with Crippen LogP contribution in [0.3, 0.4) is 0 Å². The molecule has 4 heteroatoms. The van der Waals surface area contributed by atoms with E-state index in [1.807, 2.05) is 0 Å². The van der Waals surface area contributed by atoms with Gasteiger partial charge in [-0.3, -0.25) is 0 Å². The van der Waals surface area contributed by atoms with E-state index in [9.17, 15) is 13.9 Å². The van der Waals surface area contributed by atoms with E-state index in [0.29, 0.717) is 5.56 Å². The Bertz CT molecular complexity index is 596. The van der Waals surface area contributed by atoms with E-state index in [1.165, 1.54) is 37.3 Å². The normalized spacial score (nSPS) is 14.2. The summed E-state index contributed by atoms with van der Waals surface area (Å²) in [6.07, 6.45) is 0.104. The molecule has 0 aliphatic rings. The molecule has 1 atom stereocenters. The molecule has 2 rings (SSSR count). The van der Waals surface area contributed by atoms with Crippen LogP contribution in [-0.2, 0) is 12.0 Å². The third-order valence-corrected chi connectivity index (χ3v) is 3.36. The summed E-state index contributed by atoms with van der Waals surface area (Å²) in [7, 11) is 0. The smallest absolute Gasteiger partial charge is 0.129 e. The second-order valence-corrected chi connectivity index (χ2v) is 5.07. The molecule has 1 unspecified atom stereocenters. The van der Waals surface area contributed by atoms with Crippen molar-refractivity contribution < 1.29 is 13.9 Å². The average molecular weight is 283 g/mol. The zero-order chi connectivity index (χ0) is 14.0. The van der Waals surface area contributed by atoms with Crippen LogP contribution in [0, 0.1) is 11.6 Å². The van der Waals surface area contributed by atoms with Gasteiger partial charge in [0.1, 0.15) is 11.6 Å². The van der Waals surface area contributed by atoms with E-state index in [-0.39, 0.29) is 17.0 Å². The Kier molecular flexibility index (Phi) is 3.88. The van der Waals surface area contributed by atoms with Crippen molar-refractivity contribution in [1.82, 2.24) is 0 Å². The third-order valence-electron chi connectivity index (χ3n) is 3.00. The van der Waals surface area contributed by atoms with Crippen LogP contribution in [0.25, 0.3) is 0 Å². The fraction of sp³-hybridized carbons (Fsp3) is 0.200. The highest BCUT2D eigenvalue weighted by Gasteiger charge is 2.27. The quantitative estimate of drug-likeness (QED) is 0.900. The van der Waals surface area contributed by atoms with Crippen molar-refractivity contribution in [3.63, 3.8) is 0 Å². The number of hydrogen-bond acceptors (Lipinski definition) is 1. The predicted octanol–water partition coefficient (Wildman–Crippen LogP) is 4.07. The van der Waals surface area contributed by atoms with Gasteiger partial charge in [-0.1, -0.05) is 35.9 Å². The fourth-order valence-electron chi connectivity index (χ4n) is 2.03. The summed E-state index contributed by atoms with van der Waals surface area (Å²) in [5, 5.41) is 10.6. The lowest BCUT2D eigenvalue weighted by molar-refractivity contribution is 0.0538. The second kappa shape index (κ2) is 5.27. The molecular weight excluding hydrogens is 270 g/mol. The Labute approximate surface area is 115 Å². The molecule has 0 saturated carbocycles. The molecule has 0 radical (unpaired) electrons. The number of hydrogen-bond donors (Lipinski definition) is 1. The Morgan fingerprint density at radius 2 is 1.84 bits per heavy atom. The molecule has 2 aromatic carbocycles. The number of rotatable bonds is 3. The van der Waals surface area contributed by atoms with E-state index in [0.717, 1.165) is 0 Å². The fourth-order valence-corrected chi connectivity index (χ4v) is 2.26. The number of halogens is 3. The Hall–Kier alpha value is -1.45. The largest absolute Gasteiger partial charge is 0.385 e. The predicted molar refractivity (Wildman–Crippen MR) is 71.1 cm³/mol. The van der Waals surface area contributed by atoms with Crippen LogP contribution >= 0.6 is 11.6 Å². The molecule has 100 valence electrons. The first kappa shape index (κ1) is 14.0. The Morgan fingerprint density at radius 1 is 1.16 bits per heavy atom. The molecule has 0 saturated heterocycles. The molecule has 2 aromatic rings. The number of aliphatic hydroxyl groups is 1. The van der Waals surface area contributed by atoms with E-state index >= 15 is 0 Å². The molecule has 0 amide bonds. The van der Waals surface area contributed by atoms with Gasteiger partial charge in [0.2, 0.25) is 0 Å². The van der Waals surface area contributed by atoms with E-state index < -0.39 is 17.2 Å². The summed E-state index contributed by atoms with van der Waals surface area (Å²) in [4.78, 5) is 0. The molecule has 0 bridgehead atoms. The van der Waals surface area contributed by atoms with E-state index in [2.05, 4.69) is 0 Å². The molecular formula is C15H13ClF2O. The summed E-state index contributed by atoms with van der Waals surface area (Å²) >= 11 is 5.92. The summed E-state index contributed by atoms with van der Waals surface area (Å²) in [6.45, 7) is 1.51. The molecule has 0 spiro atoms. The van der Waals surface area contributed by atoms with Crippen LogP contribution in [0.4, 0.5) is 8.78 Å². The van der Waals surface area contributed by atoms with Crippen molar-refractivity contribution in [3.05, 3.63) is 70.2 Å². The van der Waals surface area contributed by atoms with Crippen molar-refractivity contribution in [2.24, 2.45) is 0 Å². The highest BCUT2D eigenvalue weighted by molar-refractivity contribution is 6.31. The molecule has 0 heterocycles. The zero-order valence-corrected chi connectivity index (χ0v) is 11.1. The summed E-state index contributed by atoms with van der Waals surface area (Å²) < 4.78 is 26.7. The van der Waals surface area contributed by atoms with Crippen molar-refractivity contribution in [1.29, 1.82) is 0 Å². The highest BCUT2D eigenvalue weighted by atomic mass is 35.5. The van der Waals surface area contributed by atoms with Gasteiger partial charge in [-0.15, -0.1) is 0 Å². The minimum atomic E-state index is -1.41. The van der Waals surface area contributed by atoms with E-state index in [1.54, 1.807) is 12.1 Å². The van der Waals surface area contributed by atoms with Crippen molar-refractivity contribution in [2.75, 3.05) is 0 Å². The first-order valence-electron chi connectivity index (χ1n) is 5.81. The van der Waals surface area contributed by atoms with Crippen molar-refractivity contribution in [3.8, 4) is 0 Å². The van der Waals surface area contributed by atoms with Crippen LogP contribution in [0.1, 0.15) is 18.1 Å². The lowest BCUT2D eigenvalue weighted by Crippen LogP contribution is -2.25. The standard InChI is InChI=1S/C15H13ClF2O/c1-15(19,12-4-2-3-5-14(12)18)9-10-6-7-11(17)8-13(10)16/h2-8,19H,9H2,1H3. The van der Waals surface area contributed by atoms with Crippen LogP contribution in [0.2, 0.25) is 5.02 Å². The van der Waals surface area contributed by atoms with Gasteiger partial charge in [0.25, 0.3) is 0 Å². The minimum absolute atomic E-state index is 0.104. The molecule has 0 aliphatic carbocycles. The molecule has 1 N–H and O–H groups in total. The van der Waals surface area contributed by atoms with Gasteiger partial charge in [0.15, 0.2) is 0 Å². The van der Waals surface area contributed by atoms with Crippen LogP contribution in [0.15, 0.2) is 42.5 Å². The second-order valence-electron chi connectivity index (χ2n) is 4.67. The van der Waals surface area contributed by atoms with Gasteiger partial charge in [-0.05, 0) is 30.7 Å². The van der Waals surface area contributed by atoms with Gasteiger partial charge in [0, 0.05) is 17.0 Å². The maximum absolute atomic E-state index is 13.7. The monoisotopic (exact) mass is 282 g/mol. The first-order chi connectivity index (χ1) is 8.90. The summed E-state index contributed by atoms with van der Waals surface area (Å²) in [6, 6.07) is 9.95. The van der Waals surface area contributed by atoms with Gasteiger partial charge in [-0.2, -0.15) is 0 Å². The summed E-state index contributed by atoms with van der Waals surface area (Å²) in [5.41, 5.74) is -0.654. The van der Waals surface area contributed by atoms with E-state index in [4.69, 9.17) is 11.6 Å². The Morgan fingerprint density at radius 3 is 2.47 bits per heavy atom. The average Bonchev–Trinajstić information content (AvgIpc) is 2.33. The van der Waals surface area contributed by atoms with Gasteiger partial charge < -0.3 is 5.11 Å². The van der Waals surface area contributed by atoms with Gasteiger partial charge in [0.05, 0.1) is 5.60 Å². The van der Waals surface area contributed by atoms with Crippen LogP contribution in [-0.4, -0.2) is 5.11 Å². The lowest BCUT2D eigenvalue weighted by atomic mass is 9.88. The number of benzene rings is 2. The Balaban J connectivity index is 2.33. The maximum Gasteiger partial charge on any atom is 0.129 e. The molecule has 0 aliphatic heterocycles. The zero-order valence-electron chi connectivity index (χ0n) is 10.3. The third kappa shape index (κ3) is 3.11. The van der Waals surface area contributed by atoms with Crippen LogP contribution in [0.5, 0.6) is 0 Å². The summed E-state index contributed by atoms with van der Waals surface area (Å²) in [5.74, 6) is -0.926. The molecule has 19 heavy (non-hydrogen) atoms. The maximum atomic E-state index is 13.7. The van der Waals surface area contributed by atoms with Crippen molar-refractivity contribution in [2.45, 2.75) is 18.9 Å². The molecule has 0 aromatic heterocycles. The first-order valence-corrected chi connectivity index (χ1v) is 6.19. The SMILES string of the molecule is CC(O)(Cc1ccc(F)cc1Cl)c1ccccc1F. The molecule has 0 fully saturated rings. The minimum Gasteiger partial charge on any atom is -0.385 e. The topological polar surface area (TPSA) is 20.2 Å². The molecule has 1 nitrogen and oxygen atoms in total. The van der Waals surface area contributed by atoms with Gasteiger partial charge in [-0.25, -0.2) is 8.78 Å². The van der Waals surface area contributed by atoms with Crippen molar-refractivity contribution >= 4 is 11.6 Å². The van der Waals surface area contributed by atoms with Gasteiger partial charge >= 0.3 is 0 Å². The highest BCUT2D eigenvalue weighted by Crippen LogP contribution is 2.30. The van der Waals surface area contributed by atoms with Crippen LogP contribution < -0.4 is 0 Å².